The molecule has 0 amide bonds. The van der Waals surface area contributed by atoms with Crippen LogP contribution < -0.4 is 4.74 Å². The molecule has 0 saturated heterocycles. The number of hydrogen-bond donors (Lipinski definition) is 1. The molecule has 0 fully saturated rings. The van der Waals surface area contributed by atoms with Crippen molar-refractivity contribution >= 4 is 0 Å². The van der Waals surface area contributed by atoms with Gasteiger partial charge in [0.25, 0.3) is 0 Å². The first-order valence-corrected chi connectivity index (χ1v) is 6.29. The smallest absolute Gasteiger partial charge is 0.406 e. The topological polar surface area (TPSA) is 42.4 Å². The number of hydrogen-bond acceptors (Lipinski definition) is 3. The summed E-state index contributed by atoms with van der Waals surface area (Å²) in [5.41, 5.74) is 2.21. The maximum atomic E-state index is 12.1. The summed E-state index contributed by atoms with van der Waals surface area (Å²) < 4.78 is 39.9. The zero-order valence-electron chi connectivity index (χ0n) is 11.3. The van der Waals surface area contributed by atoms with Crippen molar-refractivity contribution in [1.29, 1.82) is 0 Å². The van der Waals surface area contributed by atoms with Gasteiger partial charge in [-0.1, -0.05) is 18.2 Å². The minimum Gasteiger partial charge on any atom is -0.406 e. The summed E-state index contributed by atoms with van der Waals surface area (Å²) in [6, 6.07) is 8.85. The SMILES string of the molecule is Cc1cccnc1CC(O)c1ccc(OC(F)(F)F)cc1. The van der Waals surface area contributed by atoms with E-state index in [9.17, 15) is 18.3 Å². The van der Waals surface area contributed by atoms with E-state index >= 15 is 0 Å². The number of aliphatic hydroxyl groups excluding tert-OH is 1. The molecule has 0 aliphatic rings. The number of rotatable bonds is 4. The highest BCUT2D eigenvalue weighted by atomic mass is 19.4. The van der Waals surface area contributed by atoms with E-state index < -0.39 is 12.5 Å². The highest BCUT2D eigenvalue weighted by Gasteiger charge is 2.31. The van der Waals surface area contributed by atoms with E-state index in [2.05, 4.69) is 9.72 Å². The van der Waals surface area contributed by atoms with E-state index in [1.165, 1.54) is 24.3 Å². The average molecular weight is 297 g/mol. The van der Waals surface area contributed by atoms with Crippen LogP contribution >= 0.6 is 0 Å². The van der Waals surface area contributed by atoms with Crippen molar-refractivity contribution in [3.8, 4) is 5.75 Å². The molecule has 1 aromatic carbocycles. The molecule has 1 aromatic heterocycles. The molecule has 2 aromatic rings. The second-order valence-corrected chi connectivity index (χ2v) is 4.60. The molecule has 0 spiro atoms. The van der Waals surface area contributed by atoms with Crippen molar-refractivity contribution < 1.29 is 23.0 Å². The van der Waals surface area contributed by atoms with Crippen molar-refractivity contribution in [2.24, 2.45) is 0 Å². The first kappa shape index (κ1) is 15.3. The Labute approximate surface area is 120 Å². The molecule has 2 rings (SSSR count). The van der Waals surface area contributed by atoms with Crippen LogP contribution in [-0.4, -0.2) is 16.5 Å². The van der Waals surface area contributed by atoms with E-state index in [1.807, 2.05) is 13.0 Å². The van der Waals surface area contributed by atoms with Gasteiger partial charge in [-0.25, -0.2) is 0 Å². The molecule has 1 N–H and O–H groups in total. The number of nitrogens with zero attached hydrogens (tertiary/aromatic N) is 1. The Morgan fingerprint density at radius 2 is 1.86 bits per heavy atom. The lowest BCUT2D eigenvalue weighted by Gasteiger charge is -2.13. The van der Waals surface area contributed by atoms with E-state index in [1.54, 1.807) is 12.3 Å². The third-order valence-corrected chi connectivity index (χ3v) is 3.00. The molecule has 3 nitrogen and oxygen atoms in total. The number of alkyl halides is 3. The fourth-order valence-electron chi connectivity index (χ4n) is 1.92. The van der Waals surface area contributed by atoms with E-state index in [0.29, 0.717) is 12.0 Å². The van der Waals surface area contributed by atoms with Gasteiger partial charge in [0.15, 0.2) is 0 Å². The Bertz CT molecular complexity index is 597. The lowest BCUT2D eigenvalue weighted by atomic mass is 10.0. The molecule has 1 heterocycles. The Balaban J connectivity index is 2.06. The minimum atomic E-state index is -4.72. The van der Waals surface area contributed by atoms with E-state index in [-0.39, 0.29) is 5.75 Å². The average Bonchev–Trinajstić information content (AvgIpc) is 2.40. The Morgan fingerprint density at radius 1 is 1.19 bits per heavy atom. The molecule has 0 aliphatic carbocycles. The second-order valence-electron chi connectivity index (χ2n) is 4.60. The van der Waals surface area contributed by atoms with Crippen LogP contribution in [0.3, 0.4) is 0 Å². The number of aliphatic hydroxyl groups is 1. The van der Waals surface area contributed by atoms with Crippen molar-refractivity contribution in [3.05, 3.63) is 59.4 Å². The number of halogens is 3. The van der Waals surface area contributed by atoms with Gasteiger partial charge in [0.1, 0.15) is 5.75 Å². The first-order valence-electron chi connectivity index (χ1n) is 6.29. The van der Waals surface area contributed by atoms with Crippen LogP contribution in [0.15, 0.2) is 42.6 Å². The van der Waals surface area contributed by atoms with Gasteiger partial charge < -0.3 is 9.84 Å². The van der Waals surface area contributed by atoms with Crippen LogP contribution in [0.4, 0.5) is 13.2 Å². The molecule has 0 radical (unpaired) electrons. The van der Waals surface area contributed by atoms with Crippen LogP contribution in [0.25, 0.3) is 0 Å². The number of aromatic nitrogens is 1. The largest absolute Gasteiger partial charge is 0.573 e. The Hall–Kier alpha value is -2.08. The van der Waals surface area contributed by atoms with Gasteiger partial charge in [0, 0.05) is 18.3 Å². The molecule has 1 unspecified atom stereocenters. The van der Waals surface area contributed by atoms with Crippen LogP contribution in [0.1, 0.15) is 22.9 Å². The van der Waals surface area contributed by atoms with E-state index in [0.717, 1.165) is 11.3 Å². The van der Waals surface area contributed by atoms with Crippen LogP contribution in [0.2, 0.25) is 0 Å². The molecular formula is C15H14F3NO2. The molecular weight excluding hydrogens is 283 g/mol. The third kappa shape index (κ3) is 4.46. The lowest BCUT2D eigenvalue weighted by Crippen LogP contribution is -2.17. The fraction of sp³-hybridized carbons (Fsp3) is 0.267. The Kier molecular flexibility index (Phi) is 4.47. The zero-order chi connectivity index (χ0) is 15.5. The van der Waals surface area contributed by atoms with Gasteiger partial charge >= 0.3 is 6.36 Å². The molecule has 21 heavy (non-hydrogen) atoms. The monoisotopic (exact) mass is 297 g/mol. The summed E-state index contributed by atoms with van der Waals surface area (Å²) in [6.07, 6.45) is -3.62. The third-order valence-electron chi connectivity index (χ3n) is 3.00. The summed E-state index contributed by atoms with van der Waals surface area (Å²) in [5, 5.41) is 10.1. The van der Waals surface area contributed by atoms with Gasteiger partial charge in [-0.05, 0) is 36.2 Å². The van der Waals surface area contributed by atoms with Crippen molar-refractivity contribution in [2.75, 3.05) is 0 Å². The maximum Gasteiger partial charge on any atom is 0.573 e. The second kappa shape index (κ2) is 6.13. The highest BCUT2D eigenvalue weighted by Crippen LogP contribution is 2.25. The van der Waals surface area contributed by atoms with Gasteiger partial charge in [-0.2, -0.15) is 0 Å². The molecule has 0 bridgehead atoms. The standard InChI is InChI=1S/C15H14F3NO2/c1-10-3-2-8-19-13(10)9-14(20)11-4-6-12(7-5-11)21-15(16,17)18/h2-8,14,20H,9H2,1H3. The van der Waals surface area contributed by atoms with Gasteiger partial charge in [-0.3, -0.25) is 4.98 Å². The quantitative estimate of drug-likeness (QED) is 0.938. The maximum absolute atomic E-state index is 12.1. The van der Waals surface area contributed by atoms with Crippen molar-refractivity contribution in [1.82, 2.24) is 4.98 Å². The molecule has 1 atom stereocenters. The van der Waals surface area contributed by atoms with Crippen molar-refractivity contribution in [3.63, 3.8) is 0 Å². The van der Waals surface area contributed by atoms with E-state index in [4.69, 9.17) is 0 Å². The summed E-state index contributed by atoms with van der Waals surface area (Å²) in [6.45, 7) is 1.88. The molecule has 0 aliphatic heterocycles. The van der Waals surface area contributed by atoms with Gasteiger partial charge in [-0.15, -0.1) is 13.2 Å². The number of ether oxygens (including phenoxy) is 1. The highest BCUT2D eigenvalue weighted by molar-refractivity contribution is 5.30. The first-order chi connectivity index (χ1) is 9.85. The number of pyridine rings is 1. The fourth-order valence-corrected chi connectivity index (χ4v) is 1.92. The lowest BCUT2D eigenvalue weighted by molar-refractivity contribution is -0.274. The number of aryl methyl sites for hydroxylation is 1. The molecule has 6 heteroatoms. The van der Waals surface area contributed by atoms with Crippen molar-refractivity contribution in [2.45, 2.75) is 25.8 Å². The summed E-state index contributed by atoms with van der Waals surface area (Å²) in [7, 11) is 0. The summed E-state index contributed by atoms with van der Waals surface area (Å²) >= 11 is 0. The predicted octanol–water partition coefficient (Wildman–Crippen LogP) is 3.56. The van der Waals surface area contributed by atoms with Gasteiger partial charge in [0.05, 0.1) is 6.10 Å². The predicted molar refractivity (Wildman–Crippen MR) is 70.8 cm³/mol. The summed E-state index contributed by atoms with van der Waals surface area (Å²) in [5.74, 6) is -0.313. The van der Waals surface area contributed by atoms with Crippen LogP contribution in [0, 0.1) is 6.92 Å². The van der Waals surface area contributed by atoms with Crippen LogP contribution in [-0.2, 0) is 6.42 Å². The molecule has 0 saturated carbocycles. The minimum absolute atomic E-state index is 0.298. The zero-order valence-corrected chi connectivity index (χ0v) is 11.3. The van der Waals surface area contributed by atoms with Gasteiger partial charge in [0.2, 0.25) is 0 Å². The van der Waals surface area contributed by atoms with Crippen LogP contribution in [0.5, 0.6) is 5.75 Å². The normalized spacial score (nSPS) is 13.0. The Morgan fingerprint density at radius 3 is 2.43 bits per heavy atom. The summed E-state index contributed by atoms with van der Waals surface area (Å²) in [4.78, 5) is 4.18. The number of benzene rings is 1. The molecule has 112 valence electrons.